The highest BCUT2D eigenvalue weighted by Gasteiger charge is 2.24. The lowest BCUT2D eigenvalue weighted by Crippen LogP contribution is -2.23. The molecule has 0 saturated heterocycles. The predicted octanol–water partition coefficient (Wildman–Crippen LogP) is 3.46. The van der Waals surface area contributed by atoms with Gasteiger partial charge in [0.05, 0.1) is 6.10 Å². The van der Waals surface area contributed by atoms with Crippen LogP contribution in [0.3, 0.4) is 0 Å². The first-order chi connectivity index (χ1) is 9.24. The number of rotatable bonds is 3. The molecule has 4 nitrogen and oxygen atoms in total. The Kier molecular flexibility index (Phi) is 3.66. The van der Waals surface area contributed by atoms with Gasteiger partial charge in [-0.25, -0.2) is 4.98 Å². The monoisotopic (exact) mass is 278 g/mol. The third-order valence-electron chi connectivity index (χ3n) is 3.57. The van der Waals surface area contributed by atoms with Crippen molar-refractivity contribution in [3.8, 4) is 0 Å². The molecule has 0 spiro atoms. The number of oxazole rings is 1. The van der Waals surface area contributed by atoms with Crippen LogP contribution in [0.25, 0.3) is 11.1 Å². The average molecular weight is 278 g/mol. The first kappa shape index (κ1) is 12.8. The third kappa shape index (κ3) is 2.87. The summed E-state index contributed by atoms with van der Waals surface area (Å²) in [6.07, 6.45) is 5.03. The Labute approximate surface area is 116 Å². The second-order valence-corrected chi connectivity index (χ2v) is 6.22. The number of hydrogen-bond donors (Lipinski definition) is 1. The number of fused-ring (bicyclic) bond motifs is 1. The molecule has 3 rings (SSSR count). The van der Waals surface area contributed by atoms with E-state index >= 15 is 0 Å². The van der Waals surface area contributed by atoms with Crippen molar-refractivity contribution >= 4 is 28.5 Å². The molecule has 2 N–H and O–H groups in total. The standard InChI is InChI=1S/C14H18N2O2S/c1-17-10-3-2-4-11(8-10)19-14-16-12-7-9(15)5-6-13(12)18-14/h5-7,10-11H,2-4,8,15H2,1H3. The Balaban J connectivity index is 1.74. The number of nitrogen functional groups attached to an aromatic ring is 1. The minimum Gasteiger partial charge on any atom is -0.431 e. The van der Waals surface area contributed by atoms with Crippen LogP contribution >= 0.6 is 11.8 Å². The van der Waals surface area contributed by atoms with Gasteiger partial charge in [0.2, 0.25) is 0 Å². The number of anilines is 1. The molecule has 102 valence electrons. The highest BCUT2D eigenvalue weighted by Crippen LogP contribution is 2.35. The molecule has 5 heteroatoms. The molecule has 1 aliphatic carbocycles. The SMILES string of the molecule is COC1CCCC(Sc2nc3cc(N)ccc3o2)C1. The smallest absolute Gasteiger partial charge is 0.257 e. The number of nitrogens with two attached hydrogens (primary N) is 1. The summed E-state index contributed by atoms with van der Waals surface area (Å²) in [6.45, 7) is 0. The fraction of sp³-hybridized carbons (Fsp3) is 0.500. The fourth-order valence-corrected chi connectivity index (χ4v) is 3.71. The molecule has 0 amide bonds. The molecule has 1 heterocycles. The van der Waals surface area contributed by atoms with Gasteiger partial charge in [-0.1, -0.05) is 11.8 Å². The van der Waals surface area contributed by atoms with Gasteiger partial charge < -0.3 is 14.9 Å². The van der Waals surface area contributed by atoms with Crippen LogP contribution in [0.1, 0.15) is 25.7 Å². The molecular weight excluding hydrogens is 260 g/mol. The quantitative estimate of drug-likeness (QED) is 0.871. The van der Waals surface area contributed by atoms with E-state index in [1.807, 2.05) is 18.2 Å². The number of thioether (sulfide) groups is 1. The van der Waals surface area contributed by atoms with Crippen molar-refractivity contribution < 1.29 is 9.15 Å². The van der Waals surface area contributed by atoms with E-state index < -0.39 is 0 Å². The molecule has 0 aliphatic heterocycles. The van der Waals surface area contributed by atoms with Gasteiger partial charge in [-0.2, -0.15) is 0 Å². The summed E-state index contributed by atoms with van der Waals surface area (Å²) in [4.78, 5) is 4.49. The molecule has 2 atom stereocenters. The topological polar surface area (TPSA) is 61.3 Å². The van der Waals surface area contributed by atoms with Gasteiger partial charge in [-0.15, -0.1) is 0 Å². The van der Waals surface area contributed by atoms with Crippen LogP contribution in [0.2, 0.25) is 0 Å². The molecule has 0 radical (unpaired) electrons. The van der Waals surface area contributed by atoms with Gasteiger partial charge in [0, 0.05) is 18.0 Å². The van der Waals surface area contributed by atoms with E-state index in [4.69, 9.17) is 14.9 Å². The second kappa shape index (κ2) is 5.43. The van der Waals surface area contributed by atoms with E-state index in [1.165, 1.54) is 12.8 Å². The van der Waals surface area contributed by atoms with Gasteiger partial charge in [0.1, 0.15) is 5.52 Å². The minimum absolute atomic E-state index is 0.381. The summed E-state index contributed by atoms with van der Waals surface area (Å²) >= 11 is 1.72. The van der Waals surface area contributed by atoms with Crippen molar-refractivity contribution in [1.29, 1.82) is 0 Å². The molecule has 19 heavy (non-hydrogen) atoms. The second-order valence-electron chi connectivity index (χ2n) is 4.97. The predicted molar refractivity (Wildman–Crippen MR) is 77.3 cm³/mol. The summed E-state index contributed by atoms with van der Waals surface area (Å²) in [5, 5.41) is 1.27. The van der Waals surface area contributed by atoms with Crippen molar-refractivity contribution in [3.63, 3.8) is 0 Å². The van der Waals surface area contributed by atoms with Crippen molar-refractivity contribution in [2.24, 2.45) is 0 Å². The number of benzene rings is 1. The number of nitrogens with zero attached hydrogens (tertiary/aromatic N) is 1. The number of methoxy groups -OCH3 is 1. The minimum atomic E-state index is 0.381. The molecule has 2 aromatic rings. The lowest BCUT2D eigenvalue weighted by molar-refractivity contribution is 0.0729. The third-order valence-corrected chi connectivity index (χ3v) is 4.71. The maximum atomic E-state index is 5.75. The van der Waals surface area contributed by atoms with Crippen LogP contribution in [-0.4, -0.2) is 23.4 Å². The van der Waals surface area contributed by atoms with Crippen LogP contribution in [0.4, 0.5) is 5.69 Å². The highest BCUT2D eigenvalue weighted by atomic mass is 32.2. The number of hydrogen-bond acceptors (Lipinski definition) is 5. The Morgan fingerprint density at radius 3 is 3.16 bits per heavy atom. The molecular formula is C14H18N2O2S. The Hall–Kier alpha value is -1.20. The van der Waals surface area contributed by atoms with Crippen LogP contribution in [0.5, 0.6) is 0 Å². The fourth-order valence-electron chi connectivity index (χ4n) is 2.54. The number of ether oxygens (including phenoxy) is 1. The van der Waals surface area contributed by atoms with Crippen molar-refractivity contribution in [3.05, 3.63) is 18.2 Å². The molecule has 1 aromatic heterocycles. The molecule has 1 aliphatic rings. The van der Waals surface area contributed by atoms with Gasteiger partial charge >= 0.3 is 0 Å². The molecule has 1 aromatic carbocycles. The molecule has 2 unspecified atom stereocenters. The van der Waals surface area contributed by atoms with Crippen LogP contribution < -0.4 is 5.73 Å². The van der Waals surface area contributed by atoms with E-state index in [9.17, 15) is 0 Å². The summed E-state index contributed by atoms with van der Waals surface area (Å²) in [5.41, 5.74) is 8.10. The molecule has 1 saturated carbocycles. The maximum Gasteiger partial charge on any atom is 0.257 e. The van der Waals surface area contributed by atoms with Gasteiger partial charge in [-0.3, -0.25) is 0 Å². The Morgan fingerprint density at radius 1 is 1.42 bits per heavy atom. The van der Waals surface area contributed by atoms with Gasteiger partial charge in [0.25, 0.3) is 5.22 Å². The van der Waals surface area contributed by atoms with E-state index in [-0.39, 0.29) is 0 Å². The van der Waals surface area contributed by atoms with E-state index in [2.05, 4.69) is 4.98 Å². The molecule has 1 fully saturated rings. The van der Waals surface area contributed by atoms with Gasteiger partial charge in [0.15, 0.2) is 5.58 Å². The zero-order valence-corrected chi connectivity index (χ0v) is 11.8. The van der Waals surface area contributed by atoms with Crippen LogP contribution in [0.15, 0.2) is 27.8 Å². The largest absolute Gasteiger partial charge is 0.431 e. The summed E-state index contributed by atoms with van der Waals surface area (Å²) in [5.74, 6) is 0. The van der Waals surface area contributed by atoms with E-state index in [0.717, 1.165) is 34.9 Å². The van der Waals surface area contributed by atoms with Crippen molar-refractivity contribution in [2.75, 3.05) is 12.8 Å². The maximum absolute atomic E-state index is 5.75. The van der Waals surface area contributed by atoms with Crippen molar-refractivity contribution in [1.82, 2.24) is 4.98 Å². The van der Waals surface area contributed by atoms with E-state index in [1.54, 1.807) is 18.9 Å². The van der Waals surface area contributed by atoms with Crippen LogP contribution in [0, 0.1) is 0 Å². The number of aromatic nitrogens is 1. The summed E-state index contributed by atoms with van der Waals surface area (Å²) < 4.78 is 11.2. The lowest BCUT2D eigenvalue weighted by atomic mass is 9.97. The Morgan fingerprint density at radius 2 is 2.32 bits per heavy atom. The zero-order valence-electron chi connectivity index (χ0n) is 11.0. The average Bonchev–Trinajstić information content (AvgIpc) is 2.80. The van der Waals surface area contributed by atoms with Crippen molar-refractivity contribution in [2.45, 2.75) is 42.3 Å². The van der Waals surface area contributed by atoms with Gasteiger partial charge in [-0.05, 0) is 43.9 Å². The lowest BCUT2D eigenvalue weighted by Gasteiger charge is -2.26. The Bertz CT molecular complexity index is 570. The normalized spacial score (nSPS) is 23.8. The highest BCUT2D eigenvalue weighted by molar-refractivity contribution is 7.99. The van der Waals surface area contributed by atoms with E-state index in [0.29, 0.717) is 11.4 Å². The molecule has 0 bridgehead atoms. The zero-order chi connectivity index (χ0) is 13.2. The first-order valence-corrected chi connectivity index (χ1v) is 7.48. The first-order valence-electron chi connectivity index (χ1n) is 6.60. The van der Waals surface area contributed by atoms with Crippen LogP contribution in [-0.2, 0) is 4.74 Å². The summed E-state index contributed by atoms with van der Waals surface area (Å²) in [7, 11) is 1.79. The summed E-state index contributed by atoms with van der Waals surface area (Å²) in [6, 6.07) is 5.56.